The zero-order chi connectivity index (χ0) is 24.0. The molecule has 176 valence electrons. The van der Waals surface area contributed by atoms with Crippen LogP contribution in [0.2, 0.25) is 5.02 Å². The minimum absolute atomic E-state index is 0.141. The first-order valence-electron chi connectivity index (χ1n) is 10.4. The molecule has 0 unspecified atom stereocenters. The third-order valence-corrected chi connectivity index (χ3v) is 6.93. The molecule has 2 aromatic carbocycles. The van der Waals surface area contributed by atoms with Gasteiger partial charge in [0.05, 0.1) is 36.3 Å². The van der Waals surface area contributed by atoms with Crippen molar-refractivity contribution in [2.75, 3.05) is 20.0 Å². The summed E-state index contributed by atoms with van der Waals surface area (Å²) >= 11 is 6.17. The number of ketones is 1. The van der Waals surface area contributed by atoms with Gasteiger partial charge >= 0.3 is 0 Å². The first-order chi connectivity index (χ1) is 15.7. The number of hydrogen-bond acceptors (Lipinski definition) is 7. The van der Waals surface area contributed by atoms with Crippen LogP contribution in [0.5, 0.6) is 11.5 Å². The number of carbonyl (C=O) groups is 1. The number of hydrogen-bond donors (Lipinski definition) is 0. The van der Waals surface area contributed by atoms with Crippen molar-refractivity contribution >= 4 is 27.2 Å². The van der Waals surface area contributed by atoms with Gasteiger partial charge in [0.15, 0.2) is 9.84 Å². The Labute approximate surface area is 198 Å². The van der Waals surface area contributed by atoms with E-state index in [1.807, 2.05) is 6.07 Å². The fourth-order valence-electron chi connectivity index (χ4n) is 3.44. The van der Waals surface area contributed by atoms with Gasteiger partial charge in [0.1, 0.15) is 28.8 Å². The van der Waals surface area contributed by atoms with Crippen molar-refractivity contribution in [3.63, 3.8) is 0 Å². The molecule has 3 aromatic rings. The molecule has 0 aliphatic carbocycles. The Balaban J connectivity index is 1.59. The van der Waals surface area contributed by atoms with Crippen molar-refractivity contribution in [1.29, 1.82) is 0 Å². The topological polar surface area (TPSA) is 95.7 Å². The number of rotatable bonds is 11. The molecule has 0 fully saturated rings. The first-order valence-corrected chi connectivity index (χ1v) is 12.6. The van der Waals surface area contributed by atoms with E-state index in [2.05, 4.69) is 4.98 Å². The minimum atomic E-state index is -3.70. The molecule has 0 saturated carbocycles. The van der Waals surface area contributed by atoms with Gasteiger partial charge in [0, 0.05) is 6.42 Å². The average Bonchev–Trinajstić information content (AvgIpc) is 3.12. The standard InChI is InChI=1S/C24H26ClNO6S/c1-16-22(26-24(32-16)20-9-4-5-10-21(20)25)15-33(28,29)14-18(27)8-6-7-17-13-19(30-2)11-12-23(17)31-3/h4-5,9-13H,6-8,14-15H2,1-3H3. The predicted octanol–water partition coefficient (Wildman–Crippen LogP) is 4.83. The highest BCUT2D eigenvalue weighted by Gasteiger charge is 2.22. The Bertz CT molecular complexity index is 1240. The number of sulfone groups is 1. The number of benzene rings is 2. The number of Topliss-reactive ketones (excluding diaryl/α,β-unsaturated/α-hetero) is 1. The van der Waals surface area contributed by atoms with E-state index < -0.39 is 15.6 Å². The molecule has 9 heteroatoms. The summed E-state index contributed by atoms with van der Waals surface area (Å²) in [6, 6.07) is 12.5. The largest absolute Gasteiger partial charge is 0.497 e. The van der Waals surface area contributed by atoms with E-state index in [-0.39, 0.29) is 29.5 Å². The van der Waals surface area contributed by atoms with Gasteiger partial charge in [-0.25, -0.2) is 13.4 Å². The third-order valence-electron chi connectivity index (χ3n) is 5.12. The Morgan fingerprint density at radius 2 is 1.88 bits per heavy atom. The summed E-state index contributed by atoms with van der Waals surface area (Å²) in [5.41, 5.74) is 1.76. The van der Waals surface area contributed by atoms with E-state index in [1.54, 1.807) is 57.5 Å². The SMILES string of the molecule is COc1ccc(OC)c(CCCC(=O)CS(=O)(=O)Cc2nc(-c3ccccc3Cl)oc2C)c1. The van der Waals surface area contributed by atoms with Crippen LogP contribution < -0.4 is 9.47 Å². The van der Waals surface area contributed by atoms with E-state index in [9.17, 15) is 13.2 Å². The highest BCUT2D eigenvalue weighted by Crippen LogP contribution is 2.29. The van der Waals surface area contributed by atoms with Crippen LogP contribution in [0.15, 0.2) is 46.9 Å². The van der Waals surface area contributed by atoms with E-state index in [0.29, 0.717) is 40.7 Å². The van der Waals surface area contributed by atoms with Crippen molar-refractivity contribution in [3.05, 3.63) is 64.5 Å². The number of oxazole rings is 1. The highest BCUT2D eigenvalue weighted by molar-refractivity contribution is 7.91. The summed E-state index contributed by atoms with van der Waals surface area (Å²) in [7, 11) is -0.551. The Hall–Kier alpha value is -2.84. The zero-order valence-electron chi connectivity index (χ0n) is 18.8. The number of aromatic nitrogens is 1. The van der Waals surface area contributed by atoms with Gasteiger partial charge in [-0.3, -0.25) is 4.79 Å². The van der Waals surface area contributed by atoms with E-state index in [0.717, 1.165) is 5.56 Å². The van der Waals surface area contributed by atoms with Crippen LogP contribution in [0.25, 0.3) is 11.5 Å². The van der Waals surface area contributed by atoms with Gasteiger partial charge < -0.3 is 13.9 Å². The number of ether oxygens (including phenoxy) is 2. The highest BCUT2D eigenvalue weighted by atomic mass is 35.5. The van der Waals surface area contributed by atoms with Gasteiger partial charge in [0.25, 0.3) is 0 Å². The summed E-state index contributed by atoms with van der Waals surface area (Å²) < 4.78 is 41.4. The maximum Gasteiger partial charge on any atom is 0.228 e. The zero-order valence-corrected chi connectivity index (χ0v) is 20.3. The fourth-order valence-corrected chi connectivity index (χ4v) is 5.08. The number of halogens is 1. The fraction of sp³-hybridized carbons (Fsp3) is 0.333. The lowest BCUT2D eigenvalue weighted by Gasteiger charge is -2.10. The average molecular weight is 492 g/mol. The molecule has 0 atom stereocenters. The molecule has 0 radical (unpaired) electrons. The number of nitrogens with zero attached hydrogens (tertiary/aromatic N) is 1. The molecule has 0 bridgehead atoms. The molecule has 0 saturated heterocycles. The van der Waals surface area contributed by atoms with E-state index >= 15 is 0 Å². The van der Waals surface area contributed by atoms with Gasteiger partial charge in [-0.2, -0.15) is 0 Å². The lowest BCUT2D eigenvalue weighted by Crippen LogP contribution is -2.18. The third kappa shape index (κ3) is 6.58. The Morgan fingerprint density at radius 1 is 1.12 bits per heavy atom. The normalized spacial score (nSPS) is 11.4. The minimum Gasteiger partial charge on any atom is -0.497 e. The maximum atomic E-state index is 12.6. The van der Waals surface area contributed by atoms with Crippen LogP contribution in [0.1, 0.15) is 29.9 Å². The monoisotopic (exact) mass is 491 g/mol. The molecule has 0 aliphatic rings. The van der Waals surface area contributed by atoms with Crippen molar-refractivity contribution < 1.29 is 27.1 Å². The summed E-state index contributed by atoms with van der Waals surface area (Å²) in [4.78, 5) is 16.7. The van der Waals surface area contributed by atoms with E-state index in [4.69, 9.17) is 25.5 Å². The van der Waals surface area contributed by atoms with Crippen LogP contribution in [0, 0.1) is 6.92 Å². The Morgan fingerprint density at radius 3 is 2.58 bits per heavy atom. The van der Waals surface area contributed by atoms with Crippen molar-refractivity contribution in [2.24, 2.45) is 0 Å². The molecule has 0 spiro atoms. The van der Waals surface area contributed by atoms with Crippen LogP contribution in [-0.4, -0.2) is 39.2 Å². The van der Waals surface area contributed by atoms with Crippen molar-refractivity contribution in [1.82, 2.24) is 4.98 Å². The molecule has 7 nitrogen and oxygen atoms in total. The van der Waals surface area contributed by atoms with Gasteiger partial charge in [-0.15, -0.1) is 0 Å². The Kier molecular flexibility index (Phi) is 8.15. The number of aryl methyl sites for hydroxylation is 2. The smallest absolute Gasteiger partial charge is 0.228 e. The van der Waals surface area contributed by atoms with Crippen LogP contribution in [-0.2, 0) is 26.8 Å². The number of carbonyl (C=O) groups excluding carboxylic acids is 1. The predicted molar refractivity (Wildman–Crippen MR) is 127 cm³/mol. The van der Waals surface area contributed by atoms with Gasteiger partial charge in [-0.05, 0) is 55.7 Å². The van der Waals surface area contributed by atoms with Crippen LogP contribution in [0.3, 0.4) is 0 Å². The summed E-state index contributed by atoms with van der Waals surface area (Å²) in [6.07, 6.45) is 1.20. The first kappa shape index (κ1) is 24.8. The maximum absolute atomic E-state index is 12.6. The van der Waals surface area contributed by atoms with Crippen molar-refractivity contribution in [2.45, 2.75) is 31.9 Å². The number of methoxy groups -OCH3 is 2. The second-order valence-electron chi connectivity index (χ2n) is 7.60. The molecule has 0 aliphatic heterocycles. The lowest BCUT2D eigenvalue weighted by atomic mass is 10.1. The lowest BCUT2D eigenvalue weighted by molar-refractivity contribution is -0.116. The van der Waals surface area contributed by atoms with Crippen LogP contribution in [0.4, 0.5) is 0 Å². The molecule has 0 amide bonds. The van der Waals surface area contributed by atoms with Gasteiger partial charge in [-0.1, -0.05) is 23.7 Å². The second-order valence-corrected chi connectivity index (χ2v) is 10.1. The van der Waals surface area contributed by atoms with Crippen molar-refractivity contribution in [3.8, 4) is 23.0 Å². The molecular weight excluding hydrogens is 466 g/mol. The van der Waals surface area contributed by atoms with Gasteiger partial charge in [0.2, 0.25) is 5.89 Å². The molecule has 3 rings (SSSR count). The second kappa shape index (κ2) is 10.9. The molecule has 1 heterocycles. The molecule has 33 heavy (non-hydrogen) atoms. The summed E-state index contributed by atoms with van der Waals surface area (Å²) in [5.74, 6) is 0.765. The summed E-state index contributed by atoms with van der Waals surface area (Å²) in [5, 5.41) is 0.455. The molecular formula is C24H26ClNO6S. The quantitative estimate of drug-likeness (QED) is 0.379. The molecule has 1 aromatic heterocycles. The molecule has 0 N–H and O–H groups in total. The van der Waals surface area contributed by atoms with Crippen LogP contribution >= 0.6 is 11.6 Å². The van der Waals surface area contributed by atoms with E-state index in [1.165, 1.54) is 0 Å². The summed E-state index contributed by atoms with van der Waals surface area (Å²) in [6.45, 7) is 1.64.